The Bertz CT molecular complexity index is 333. The summed E-state index contributed by atoms with van der Waals surface area (Å²) < 4.78 is 0.661. The molecule has 0 aromatic carbocycles. The summed E-state index contributed by atoms with van der Waals surface area (Å²) in [4.78, 5) is 12.7. The molecular weight excluding hydrogens is 218 g/mol. The molecule has 0 amide bonds. The van der Waals surface area contributed by atoms with E-state index >= 15 is 0 Å². The van der Waals surface area contributed by atoms with Gasteiger partial charge in [0.25, 0.3) is 0 Å². The van der Waals surface area contributed by atoms with Crippen LogP contribution >= 0.6 is 22.9 Å². The maximum atomic E-state index is 12.0. The minimum Gasteiger partial charge on any atom is -0.319 e. The average molecular weight is 232 g/mol. The summed E-state index contributed by atoms with van der Waals surface area (Å²) in [7, 11) is 1.84. The Morgan fingerprint density at radius 1 is 1.57 bits per heavy atom. The molecule has 0 spiro atoms. The highest BCUT2D eigenvalue weighted by atomic mass is 35.5. The SMILES string of the molecule is CNCC(C)(C)C(=O)c1ccc(Cl)s1. The van der Waals surface area contributed by atoms with Crippen molar-refractivity contribution >= 4 is 28.7 Å². The fourth-order valence-corrected chi connectivity index (χ4v) is 2.46. The second-order valence-electron chi connectivity index (χ2n) is 3.85. The summed E-state index contributed by atoms with van der Waals surface area (Å²) in [6.07, 6.45) is 0. The number of halogens is 1. The number of thiophene rings is 1. The van der Waals surface area contributed by atoms with Crippen molar-refractivity contribution in [2.24, 2.45) is 5.41 Å². The van der Waals surface area contributed by atoms with Gasteiger partial charge in [0.05, 0.1) is 9.21 Å². The largest absolute Gasteiger partial charge is 0.319 e. The molecule has 0 aliphatic heterocycles. The quantitative estimate of drug-likeness (QED) is 0.808. The second kappa shape index (κ2) is 4.43. The van der Waals surface area contributed by atoms with Crippen LogP contribution in [0.1, 0.15) is 23.5 Å². The van der Waals surface area contributed by atoms with Gasteiger partial charge >= 0.3 is 0 Å². The first kappa shape index (κ1) is 11.7. The van der Waals surface area contributed by atoms with Gasteiger partial charge in [-0.2, -0.15) is 0 Å². The van der Waals surface area contributed by atoms with Crippen LogP contribution in [0.15, 0.2) is 12.1 Å². The van der Waals surface area contributed by atoms with E-state index in [2.05, 4.69) is 5.32 Å². The zero-order chi connectivity index (χ0) is 10.8. The highest BCUT2D eigenvalue weighted by Gasteiger charge is 2.28. The maximum absolute atomic E-state index is 12.0. The summed E-state index contributed by atoms with van der Waals surface area (Å²) >= 11 is 7.12. The maximum Gasteiger partial charge on any atom is 0.179 e. The first-order valence-electron chi connectivity index (χ1n) is 4.42. The normalized spacial score (nSPS) is 11.7. The lowest BCUT2D eigenvalue weighted by Crippen LogP contribution is -2.34. The molecule has 0 saturated carbocycles. The first-order valence-corrected chi connectivity index (χ1v) is 5.61. The Balaban J connectivity index is 2.84. The van der Waals surface area contributed by atoms with E-state index in [0.717, 1.165) is 4.88 Å². The molecule has 1 rings (SSSR count). The molecule has 0 fully saturated rings. The third kappa shape index (κ3) is 2.56. The summed E-state index contributed by atoms with van der Waals surface area (Å²) in [5.74, 6) is 0.142. The van der Waals surface area contributed by atoms with Crippen molar-refractivity contribution in [3.8, 4) is 0 Å². The lowest BCUT2D eigenvalue weighted by atomic mass is 9.87. The molecular formula is C10H14ClNOS. The standard InChI is InChI=1S/C10H14ClNOS/c1-10(2,6-12-3)9(13)7-4-5-8(11)14-7/h4-5,12H,6H2,1-3H3. The summed E-state index contributed by atoms with van der Waals surface area (Å²) in [5.41, 5.74) is -0.372. The molecule has 0 aliphatic carbocycles. The number of Topliss-reactive ketones (excluding diaryl/α,β-unsaturated/α-hetero) is 1. The summed E-state index contributed by atoms with van der Waals surface area (Å²) in [6.45, 7) is 4.53. The Labute approximate surface area is 93.3 Å². The number of hydrogen-bond donors (Lipinski definition) is 1. The molecule has 1 aromatic heterocycles. The van der Waals surface area contributed by atoms with Crippen molar-refractivity contribution in [2.45, 2.75) is 13.8 Å². The zero-order valence-corrected chi connectivity index (χ0v) is 10.1. The third-order valence-corrected chi connectivity index (χ3v) is 3.26. The molecule has 0 saturated heterocycles. The van der Waals surface area contributed by atoms with Crippen molar-refractivity contribution in [3.63, 3.8) is 0 Å². The first-order chi connectivity index (χ1) is 6.47. The van der Waals surface area contributed by atoms with Crippen LogP contribution in [0.25, 0.3) is 0 Å². The van der Waals surface area contributed by atoms with Crippen molar-refractivity contribution in [1.29, 1.82) is 0 Å². The Morgan fingerprint density at radius 2 is 2.21 bits per heavy atom. The van der Waals surface area contributed by atoms with E-state index in [1.54, 1.807) is 12.1 Å². The van der Waals surface area contributed by atoms with Crippen molar-refractivity contribution in [1.82, 2.24) is 5.32 Å². The topological polar surface area (TPSA) is 29.1 Å². The average Bonchev–Trinajstić information content (AvgIpc) is 2.50. The van der Waals surface area contributed by atoms with Gasteiger partial charge in [0.1, 0.15) is 0 Å². The minimum absolute atomic E-state index is 0.142. The van der Waals surface area contributed by atoms with E-state index in [1.807, 2.05) is 20.9 Å². The van der Waals surface area contributed by atoms with E-state index in [1.165, 1.54) is 11.3 Å². The van der Waals surface area contributed by atoms with E-state index in [0.29, 0.717) is 10.9 Å². The van der Waals surface area contributed by atoms with Gasteiger partial charge in [0, 0.05) is 12.0 Å². The molecule has 4 heteroatoms. The van der Waals surface area contributed by atoms with Gasteiger partial charge in [-0.05, 0) is 19.2 Å². The molecule has 14 heavy (non-hydrogen) atoms. The number of carbonyl (C=O) groups is 1. The molecule has 78 valence electrons. The highest BCUT2D eigenvalue weighted by molar-refractivity contribution is 7.18. The molecule has 0 aliphatic rings. The summed E-state index contributed by atoms with van der Waals surface area (Å²) in [6, 6.07) is 3.54. The Kier molecular flexibility index (Phi) is 3.70. The molecule has 1 aromatic rings. The predicted octanol–water partition coefficient (Wildman–Crippen LogP) is 2.83. The molecule has 2 nitrogen and oxygen atoms in total. The predicted molar refractivity (Wildman–Crippen MR) is 61.4 cm³/mol. The molecule has 0 unspecified atom stereocenters. The van der Waals surface area contributed by atoms with Gasteiger partial charge in [-0.15, -0.1) is 11.3 Å². The van der Waals surface area contributed by atoms with Crippen LogP contribution in [0.4, 0.5) is 0 Å². The van der Waals surface area contributed by atoms with Gasteiger partial charge < -0.3 is 5.32 Å². The second-order valence-corrected chi connectivity index (χ2v) is 5.56. The number of ketones is 1. The van der Waals surface area contributed by atoms with Gasteiger partial charge in [-0.1, -0.05) is 25.4 Å². The van der Waals surface area contributed by atoms with Crippen molar-refractivity contribution in [2.75, 3.05) is 13.6 Å². The number of carbonyl (C=O) groups excluding carboxylic acids is 1. The lowest BCUT2D eigenvalue weighted by Gasteiger charge is -2.21. The van der Waals surface area contributed by atoms with Crippen LogP contribution < -0.4 is 5.32 Å². The van der Waals surface area contributed by atoms with Crippen molar-refractivity contribution < 1.29 is 4.79 Å². The number of nitrogens with one attached hydrogen (secondary N) is 1. The molecule has 0 bridgehead atoms. The molecule has 0 radical (unpaired) electrons. The van der Waals surface area contributed by atoms with E-state index in [4.69, 9.17) is 11.6 Å². The van der Waals surface area contributed by atoms with Gasteiger partial charge in [0.15, 0.2) is 5.78 Å². The van der Waals surface area contributed by atoms with Crippen molar-refractivity contribution in [3.05, 3.63) is 21.3 Å². The summed E-state index contributed by atoms with van der Waals surface area (Å²) in [5, 5.41) is 3.02. The fourth-order valence-electron chi connectivity index (χ4n) is 1.29. The van der Waals surface area contributed by atoms with Crippen LogP contribution in [-0.2, 0) is 0 Å². The van der Waals surface area contributed by atoms with Gasteiger partial charge in [0.2, 0.25) is 0 Å². The molecule has 1 heterocycles. The number of hydrogen-bond acceptors (Lipinski definition) is 3. The van der Waals surface area contributed by atoms with Crippen LogP contribution in [0.5, 0.6) is 0 Å². The van der Waals surface area contributed by atoms with Gasteiger partial charge in [-0.3, -0.25) is 4.79 Å². The minimum atomic E-state index is -0.372. The third-order valence-electron chi connectivity index (χ3n) is 2.03. The van der Waals surface area contributed by atoms with Crippen LogP contribution in [0, 0.1) is 5.41 Å². The molecule has 1 N–H and O–H groups in total. The van der Waals surface area contributed by atoms with Crippen LogP contribution in [0.2, 0.25) is 4.34 Å². The van der Waals surface area contributed by atoms with E-state index < -0.39 is 0 Å². The number of rotatable bonds is 4. The van der Waals surface area contributed by atoms with Gasteiger partial charge in [-0.25, -0.2) is 0 Å². The fraction of sp³-hybridized carbons (Fsp3) is 0.500. The Morgan fingerprint density at radius 3 is 2.64 bits per heavy atom. The van der Waals surface area contributed by atoms with E-state index in [-0.39, 0.29) is 11.2 Å². The van der Waals surface area contributed by atoms with E-state index in [9.17, 15) is 4.79 Å². The monoisotopic (exact) mass is 231 g/mol. The Hall–Kier alpha value is -0.380. The smallest absolute Gasteiger partial charge is 0.179 e. The van der Waals surface area contributed by atoms with Crippen LogP contribution in [-0.4, -0.2) is 19.4 Å². The highest BCUT2D eigenvalue weighted by Crippen LogP contribution is 2.28. The zero-order valence-electron chi connectivity index (χ0n) is 8.56. The van der Waals surface area contributed by atoms with Crippen LogP contribution in [0.3, 0.4) is 0 Å². The lowest BCUT2D eigenvalue weighted by molar-refractivity contribution is 0.0843. The molecule has 0 atom stereocenters.